The predicted octanol–water partition coefficient (Wildman–Crippen LogP) is -1.75. The highest BCUT2D eigenvalue weighted by atomic mass is 32.2. The molecule has 118 valence electrons. The molecule has 2 aliphatic rings. The number of sulfonamides is 1. The Balaban J connectivity index is 2.49. The maximum atomic E-state index is 12.4. The number of sulfone groups is 1. The molecule has 0 aromatic heterocycles. The summed E-state index contributed by atoms with van der Waals surface area (Å²) in [4.78, 5) is 23.9. The van der Waals surface area contributed by atoms with E-state index in [-0.39, 0.29) is 0 Å². The van der Waals surface area contributed by atoms with Crippen molar-refractivity contribution < 1.29 is 31.5 Å². The van der Waals surface area contributed by atoms with Crippen molar-refractivity contribution in [2.24, 2.45) is 0 Å². The highest BCUT2D eigenvalue weighted by Gasteiger charge is 2.72. The third-order valence-corrected chi connectivity index (χ3v) is 7.66. The van der Waals surface area contributed by atoms with E-state index in [0.717, 1.165) is 0 Å². The summed E-state index contributed by atoms with van der Waals surface area (Å²) in [6, 6.07) is -3.08. The van der Waals surface area contributed by atoms with Crippen LogP contribution in [0.4, 0.5) is 0 Å². The number of carboxylic acid groups (broad SMARTS) is 1. The summed E-state index contributed by atoms with van der Waals surface area (Å²) in [6.07, 6.45) is 0. The van der Waals surface area contributed by atoms with Crippen LogP contribution in [0.2, 0.25) is 0 Å². The Bertz CT molecular complexity index is 737. The van der Waals surface area contributed by atoms with E-state index in [1.54, 1.807) is 0 Å². The standard InChI is InChI=1S/C10H14N2O7S2/c1-4-20(16,17)11-5-7(13)12-6(9(14)15)10(2,3)21(18,19)8(5)12/h4-6,8,11H,1H2,2-3H3,(H,14,15)/t5-,6+,8-/m1/s1. The van der Waals surface area contributed by atoms with Crippen LogP contribution < -0.4 is 4.72 Å². The van der Waals surface area contributed by atoms with Crippen molar-refractivity contribution in [3.8, 4) is 0 Å². The molecule has 2 saturated heterocycles. The molecule has 3 atom stereocenters. The zero-order chi connectivity index (χ0) is 16.4. The summed E-state index contributed by atoms with van der Waals surface area (Å²) >= 11 is 0. The van der Waals surface area contributed by atoms with Crippen molar-refractivity contribution in [3.63, 3.8) is 0 Å². The van der Waals surface area contributed by atoms with Gasteiger partial charge in [0.25, 0.3) is 0 Å². The zero-order valence-electron chi connectivity index (χ0n) is 11.2. The molecular weight excluding hydrogens is 324 g/mol. The van der Waals surface area contributed by atoms with E-state index in [4.69, 9.17) is 0 Å². The van der Waals surface area contributed by atoms with Gasteiger partial charge in [0.1, 0.15) is 16.8 Å². The first-order valence-corrected chi connectivity index (χ1v) is 8.91. The molecular formula is C10H14N2O7S2. The molecule has 9 nitrogen and oxygen atoms in total. The molecule has 0 bridgehead atoms. The maximum Gasteiger partial charge on any atom is 0.328 e. The smallest absolute Gasteiger partial charge is 0.328 e. The van der Waals surface area contributed by atoms with E-state index in [2.05, 4.69) is 6.58 Å². The lowest BCUT2D eigenvalue weighted by Crippen LogP contribution is -2.71. The Labute approximate surface area is 121 Å². The van der Waals surface area contributed by atoms with Crippen molar-refractivity contribution in [1.29, 1.82) is 0 Å². The normalized spacial score (nSPS) is 33.1. The molecule has 21 heavy (non-hydrogen) atoms. The number of carbonyl (C=O) groups is 2. The van der Waals surface area contributed by atoms with Crippen LogP contribution in [0.25, 0.3) is 0 Å². The zero-order valence-corrected chi connectivity index (χ0v) is 12.8. The third kappa shape index (κ3) is 1.91. The second-order valence-electron chi connectivity index (χ2n) is 5.33. The number of fused-ring (bicyclic) bond motifs is 1. The molecule has 2 fully saturated rings. The number of carboxylic acids is 1. The van der Waals surface area contributed by atoms with Crippen LogP contribution in [0.3, 0.4) is 0 Å². The topological polar surface area (TPSA) is 138 Å². The first-order chi connectivity index (χ1) is 9.38. The molecule has 0 aromatic rings. The second kappa shape index (κ2) is 4.27. The molecule has 0 aliphatic carbocycles. The first-order valence-electron chi connectivity index (χ1n) is 5.81. The Hall–Kier alpha value is -1.46. The third-order valence-electron chi connectivity index (χ3n) is 3.81. The van der Waals surface area contributed by atoms with Gasteiger partial charge in [-0.25, -0.2) is 21.6 Å². The van der Waals surface area contributed by atoms with E-state index in [1.807, 2.05) is 4.72 Å². The van der Waals surface area contributed by atoms with Crippen LogP contribution in [-0.4, -0.2) is 60.9 Å². The minimum Gasteiger partial charge on any atom is -0.480 e. The van der Waals surface area contributed by atoms with Crippen LogP contribution in [0.1, 0.15) is 13.8 Å². The van der Waals surface area contributed by atoms with Gasteiger partial charge >= 0.3 is 5.97 Å². The molecule has 2 N–H and O–H groups in total. The number of aliphatic carboxylic acids is 1. The number of rotatable bonds is 4. The quantitative estimate of drug-likeness (QED) is 0.579. The maximum absolute atomic E-state index is 12.4. The molecule has 0 aromatic carbocycles. The highest BCUT2D eigenvalue weighted by Crippen LogP contribution is 2.46. The minimum absolute atomic E-state index is 0.546. The Morgan fingerprint density at radius 2 is 2.00 bits per heavy atom. The van der Waals surface area contributed by atoms with Gasteiger partial charge in [-0.3, -0.25) is 4.79 Å². The Morgan fingerprint density at radius 3 is 2.43 bits per heavy atom. The van der Waals surface area contributed by atoms with Crippen molar-refractivity contribution in [2.45, 2.75) is 36.1 Å². The number of nitrogens with zero attached hydrogens (tertiary/aromatic N) is 1. The van der Waals surface area contributed by atoms with E-state index >= 15 is 0 Å². The van der Waals surface area contributed by atoms with E-state index in [9.17, 15) is 31.5 Å². The van der Waals surface area contributed by atoms with E-state index < -0.39 is 53.9 Å². The largest absolute Gasteiger partial charge is 0.480 e. The first kappa shape index (κ1) is 15.9. The molecule has 0 spiro atoms. The molecule has 2 rings (SSSR count). The molecule has 0 saturated carbocycles. The minimum atomic E-state index is -4.06. The van der Waals surface area contributed by atoms with Gasteiger partial charge in [0.15, 0.2) is 15.2 Å². The average Bonchev–Trinajstić information content (AvgIpc) is 2.49. The fourth-order valence-corrected chi connectivity index (χ4v) is 5.62. The molecule has 1 amide bonds. The Kier molecular flexibility index (Phi) is 3.24. The number of hydrogen-bond donors (Lipinski definition) is 2. The summed E-state index contributed by atoms with van der Waals surface area (Å²) in [5, 5.41) is 8.20. The summed E-state index contributed by atoms with van der Waals surface area (Å²) in [5.74, 6) is -2.34. The van der Waals surface area contributed by atoms with E-state index in [1.165, 1.54) is 13.8 Å². The highest BCUT2D eigenvalue weighted by molar-refractivity contribution is 7.94. The predicted molar refractivity (Wildman–Crippen MR) is 71.1 cm³/mol. The van der Waals surface area contributed by atoms with Gasteiger partial charge in [-0.05, 0) is 13.8 Å². The number of hydrogen-bond acceptors (Lipinski definition) is 6. The molecule has 0 unspecified atom stereocenters. The van der Waals surface area contributed by atoms with Gasteiger partial charge < -0.3 is 10.0 Å². The van der Waals surface area contributed by atoms with Gasteiger partial charge in [-0.1, -0.05) is 6.58 Å². The number of nitrogens with one attached hydrogen (secondary N) is 1. The van der Waals surface area contributed by atoms with Crippen LogP contribution in [-0.2, 0) is 29.4 Å². The molecule has 0 radical (unpaired) electrons. The van der Waals surface area contributed by atoms with Crippen molar-refractivity contribution in [2.75, 3.05) is 0 Å². The van der Waals surface area contributed by atoms with Crippen molar-refractivity contribution >= 4 is 31.7 Å². The summed E-state index contributed by atoms with van der Waals surface area (Å²) < 4.78 is 47.8. The van der Waals surface area contributed by atoms with Gasteiger partial charge in [0.2, 0.25) is 15.9 Å². The second-order valence-corrected chi connectivity index (χ2v) is 9.62. The van der Waals surface area contributed by atoms with Crippen LogP contribution in [0.5, 0.6) is 0 Å². The van der Waals surface area contributed by atoms with Crippen molar-refractivity contribution in [3.05, 3.63) is 12.0 Å². The van der Waals surface area contributed by atoms with Gasteiger partial charge in [-0.15, -0.1) is 0 Å². The van der Waals surface area contributed by atoms with Crippen LogP contribution in [0.15, 0.2) is 12.0 Å². The lowest BCUT2D eigenvalue weighted by molar-refractivity contribution is -0.159. The summed E-state index contributed by atoms with van der Waals surface area (Å²) in [5.41, 5.74) is 0. The number of carbonyl (C=O) groups excluding carboxylic acids is 1. The molecule has 11 heteroatoms. The lowest BCUT2D eigenvalue weighted by atomic mass is 9.96. The van der Waals surface area contributed by atoms with Crippen LogP contribution in [0, 0.1) is 0 Å². The van der Waals surface area contributed by atoms with Gasteiger partial charge in [0.05, 0.1) is 0 Å². The molecule has 2 aliphatic heterocycles. The summed E-state index contributed by atoms with van der Waals surface area (Å²) in [7, 11) is -8.08. The average molecular weight is 338 g/mol. The Morgan fingerprint density at radius 1 is 1.48 bits per heavy atom. The number of β-lactam (4-membered cyclic amide) rings is 1. The fraction of sp³-hybridized carbons (Fsp3) is 0.600. The van der Waals surface area contributed by atoms with Crippen molar-refractivity contribution in [1.82, 2.24) is 9.62 Å². The van der Waals surface area contributed by atoms with Crippen LogP contribution >= 0.6 is 0 Å². The van der Waals surface area contributed by atoms with Gasteiger partial charge in [-0.2, -0.15) is 4.72 Å². The lowest BCUT2D eigenvalue weighted by Gasteiger charge is -2.42. The SMILES string of the molecule is C=CS(=O)(=O)N[C@@H]1C(=O)N2[C@@H](C(=O)O)C(C)(C)S(=O)(=O)[C@H]12. The van der Waals surface area contributed by atoms with E-state index in [0.29, 0.717) is 10.3 Å². The molecule has 2 heterocycles. The monoisotopic (exact) mass is 338 g/mol. The van der Waals surface area contributed by atoms with Gasteiger partial charge in [0, 0.05) is 5.41 Å². The summed E-state index contributed by atoms with van der Waals surface area (Å²) in [6.45, 7) is 5.44. The fourth-order valence-electron chi connectivity index (χ4n) is 2.64. The number of amides is 1.